The molecule has 3 N–H and O–H groups in total. The minimum Gasteiger partial charge on any atom is -0.384 e. The van der Waals surface area contributed by atoms with Gasteiger partial charge in [-0.3, -0.25) is 0 Å². The maximum absolute atomic E-state index is 10.7. The molecule has 7 nitrogen and oxygen atoms in total. The van der Waals surface area contributed by atoms with Gasteiger partial charge in [0.05, 0.1) is 6.54 Å². The number of aliphatic hydroxyl groups is 1. The summed E-state index contributed by atoms with van der Waals surface area (Å²) in [4.78, 5) is 8.93. The largest absolute Gasteiger partial charge is 0.384 e. The molecule has 3 rings (SSSR count). The highest BCUT2D eigenvalue weighted by molar-refractivity contribution is 6.30. The number of nitrogens with zero attached hydrogens (tertiary/aromatic N) is 3. The van der Waals surface area contributed by atoms with E-state index in [0.29, 0.717) is 42.2 Å². The van der Waals surface area contributed by atoms with E-state index in [0.717, 1.165) is 11.1 Å². The van der Waals surface area contributed by atoms with Gasteiger partial charge < -0.3 is 20.3 Å². The summed E-state index contributed by atoms with van der Waals surface area (Å²) in [6.45, 7) is 5.23. The Balaban J connectivity index is 1.57. The van der Waals surface area contributed by atoms with Crippen LogP contribution in [0.3, 0.4) is 0 Å². The molecule has 158 valence electrons. The molecule has 1 heterocycles. The van der Waals surface area contributed by atoms with Crippen LogP contribution in [-0.2, 0) is 12.0 Å². The fourth-order valence-corrected chi connectivity index (χ4v) is 3.04. The lowest BCUT2D eigenvalue weighted by Gasteiger charge is -2.22. The number of halogens is 1. The van der Waals surface area contributed by atoms with Crippen LogP contribution in [-0.4, -0.2) is 40.8 Å². The predicted molar refractivity (Wildman–Crippen MR) is 118 cm³/mol. The van der Waals surface area contributed by atoms with Gasteiger partial charge in [0.2, 0.25) is 11.7 Å². The summed E-state index contributed by atoms with van der Waals surface area (Å²) in [5.74, 6) is 1.64. The Labute approximate surface area is 181 Å². The van der Waals surface area contributed by atoms with Crippen molar-refractivity contribution in [2.75, 3.05) is 19.6 Å². The normalized spacial score (nSPS) is 13.7. The smallest absolute Gasteiger partial charge is 0.228 e. The molecule has 0 saturated carbocycles. The van der Waals surface area contributed by atoms with Gasteiger partial charge in [0.15, 0.2) is 5.96 Å². The van der Waals surface area contributed by atoms with Gasteiger partial charge in [-0.2, -0.15) is 4.98 Å². The number of aromatic nitrogens is 2. The summed E-state index contributed by atoms with van der Waals surface area (Å²) in [6, 6.07) is 16.8. The van der Waals surface area contributed by atoms with Crippen molar-refractivity contribution in [3.05, 3.63) is 71.1 Å². The minimum atomic E-state index is -1.05. The number of hydrogen-bond acceptors (Lipinski definition) is 5. The maximum Gasteiger partial charge on any atom is 0.228 e. The average Bonchev–Trinajstić information content (AvgIpc) is 3.22. The zero-order valence-corrected chi connectivity index (χ0v) is 17.9. The second kappa shape index (κ2) is 10.2. The van der Waals surface area contributed by atoms with Crippen LogP contribution in [0.4, 0.5) is 0 Å². The lowest BCUT2D eigenvalue weighted by atomic mass is 9.96. The molecule has 1 aromatic heterocycles. The molecule has 8 heteroatoms. The van der Waals surface area contributed by atoms with Gasteiger partial charge in [-0.15, -0.1) is 0 Å². The molecule has 0 aliphatic carbocycles. The summed E-state index contributed by atoms with van der Waals surface area (Å²) >= 11 is 6.02. The van der Waals surface area contributed by atoms with Gasteiger partial charge in [0.1, 0.15) is 5.60 Å². The summed E-state index contributed by atoms with van der Waals surface area (Å²) in [5, 5.41) is 21.8. The SMILES string of the molecule is CCNC(=NCC(C)(O)c1ccccc1)NCCc1nc(-c2cccc(Cl)c2)no1. The molecule has 0 aliphatic heterocycles. The molecule has 2 aromatic carbocycles. The molecule has 0 spiro atoms. The Bertz CT molecular complexity index is 972. The number of guanidine groups is 1. The van der Waals surface area contributed by atoms with E-state index in [4.69, 9.17) is 16.1 Å². The van der Waals surface area contributed by atoms with Crippen LogP contribution in [0, 0.1) is 0 Å². The summed E-state index contributed by atoms with van der Waals surface area (Å²) in [5.41, 5.74) is 0.578. The van der Waals surface area contributed by atoms with Crippen molar-refractivity contribution in [2.45, 2.75) is 25.9 Å². The molecule has 0 amide bonds. The Hall–Kier alpha value is -2.90. The zero-order valence-electron chi connectivity index (χ0n) is 17.1. The maximum atomic E-state index is 10.7. The Morgan fingerprint density at radius 2 is 1.97 bits per heavy atom. The Morgan fingerprint density at radius 3 is 2.70 bits per heavy atom. The molecule has 0 saturated heterocycles. The van der Waals surface area contributed by atoms with Crippen LogP contribution < -0.4 is 10.6 Å². The first-order chi connectivity index (χ1) is 14.5. The molecule has 0 radical (unpaired) electrons. The van der Waals surface area contributed by atoms with Crippen molar-refractivity contribution in [1.29, 1.82) is 0 Å². The topological polar surface area (TPSA) is 95.6 Å². The van der Waals surface area contributed by atoms with E-state index < -0.39 is 5.60 Å². The lowest BCUT2D eigenvalue weighted by Crippen LogP contribution is -2.39. The van der Waals surface area contributed by atoms with Crippen LogP contribution in [0.2, 0.25) is 5.02 Å². The van der Waals surface area contributed by atoms with Crippen LogP contribution in [0.5, 0.6) is 0 Å². The van der Waals surface area contributed by atoms with Gasteiger partial charge in [-0.1, -0.05) is 59.2 Å². The van der Waals surface area contributed by atoms with Crippen LogP contribution in [0.15, 0.2) is 64.1 Å². The summed E-state index contributed by atoms with van der Waals surface area (Å²) in [6.07, 6.45) is 0.535. The zero-order chi connectivity index (χ0) is 21.4. The van der Waals surface area contributed by atoms with Crippen molar-refractivity contribution in [3.63, 3.8) is 0 Å². The first-order valence-electron chi connectivity index (χ1n) is 9.86. The third-order valence-corrected chi connectivity index (χ3v) is 4.70. The second-order valence-corrected chi connectivity index (χ2v) is 7.47. The van der Waals surface area contributed by atoms with E-state index in [1.807, 2.05) is 49.4 Å². The van der Waals surface area contributed by atoms with Crippen molar-refractivity contribution in [3.8, 4) is 11.4 Å². The highest BCUT2D eigenvalue weighted by Gasteiger charge is 2.22. The summed E-state index contributed by atoms with van der Waals surface area (Å²) in [7, 11) is 0. The Morgan fingerprint density at radius 1 is 1.17 bits per heavy atom. The van der Waals surface area contributed by atoms with Gasteiger partial charge in [-0.05, 0) is 31.5 Å². The van der Waals surface area contributed by atoms with Crippen molar-refractivity contribution < 1.29 is 9.63 Å². The van der Waals surface area contributed by atoms with Crippen molar-refractivity contribution in [1.82, 2.24) is 20.8 Å². The van der Waals surface area contributed by atoms with E-state index in [2.05, 4.69) is 25.8 Å². The van der Waals surface area contributed by atoms with Crippen LogP contribution >= 0.6 is 11.6 Å². The molecular weight excluding hydrogens is 402 g/mol. The van der Waals surface area contributed by atoms with E-state index in [1.165, 1.54) is 0 Å². The number of nitrogens with one attached hydrogen (secondary N) is 2. The summed E-state index contributed by atoms with van der Waals surface area (Å²) < 4.78 is 5.33. The predicted octanol–water partition coefficient (Wildman–Crippen LogP) is 3.40. The second-order valence-electron chi connectivity index (χ2n) is 7.03. The monoisotopic (exact) mass is 427 g/mol. The highest BCUT2D eigenvalue weighted by atomic mass is 35.5. The van der Waals surface area contributed by atoms with Gasteiger partial charge in [0.25, 0.3) is 0 Å². The number of hydrogen-bond donors (Lipinski definition) is 3. The minimum absolute atomic E-state index is 0.228. The molecule has 1 atom stereocenters. The molecule has 0 bridgehead atoms. The average molecular weight is 428 g/mol. The molecular formula is C22H26ClN5O2. The molecule has 3 aromatic rings. The third kappa shape index (κ3) is 6.05. The van der Waals surface area contributed by atoms with Gasteiger partial charge in [0, 0.05) is 30.1 Å². The number of benzene rings is 2. The van der Waals surface area contributed by atoms with Gasteiger partial charge in [-0.25, -0.2) is 4.99 Å². The standard InChI is InChI=1S/C22H26ClN5O2/c1-3-24-21(26-15-22(2,29)17-9-5-4-6-10-17)25-13-12-19-27-20(28-30-19)16-8-7-11-18(23)14-16/h4-11,14,29H,3,12-13,15H2,1-2H3,(H2,24,25,26). The van der Waals surface area contributed by atoms with E-state index in [1.54, 1.807) is 19.1 Å². The molecule has 1 unspecified atom stereocenters. The van der Waals surface area contributed by atoms with Crippen molar-refractivity contribution >= 4 is 17.6 Å². The molecule has 0 fully saturated rings. The van der Waals surface area contributed by atoms with Crippen LogP contribution in [0.25, 0.3) is 11.4 Å². The fraction of sp³-hybridized carbons (Fsp3) is 0.318. The lowest BCUT2D eigenvalue weighted by molar-refractivity contribution is 0.0672. The molecule has 30 heavy (non-hydrogen) atoms. The first-order valence-corrected chi connectivity index (χ1v) is 10.2. The quantitative estimate of drug-likeness (QED) is 0.376. The van der Waals surface area contributed by atoms with E-state index >= 15 is 0 Å². The van der Waals surface area contributed by atoms with Crippen LogP contribution in [0.1, 0.15) is 25.3 Å². The fourth-order valence-electron chi connectivity index (χ4n) is 2.85. The highest BCUT2D eigenvalue weighted by Crippen LogP contribution is 2.21. The Kier molecular flexibility index (Phi) is 7.43. The number of aliphatic imine (C=N–C) groups is 1. The van der Waals surface area contributed by atoms with Gasteiger partial charge >= 0.3 is 0 Å². The third-order valence-electron chi connectivity index (χ3n) is 4.47. The molecule has 0 aliphatic rings. The number of rotatable bonds is 8. The van der Waals surface area contributed by atoms with E-state index in [-0.39, 0.29) is 6.54 Å². The van der Waals surface area contributed by atoms with E-state index in [9.17, 15) is 5.11 Å². The van der Waals surface area contributed by atoms with Crippen molar-refractivity contribution in [2.24, 2.45) is 4.99 Å². The first kappa shape index (κ1) is 21.8.